The number of amides is 2. The monoisotopic (exact) mass is 573 g/mol. The van der Waals surface area contributed by atoms with Crippen LogP contribution >= 0.6 is 0 Å². The number of halogens is 4. The summed E-state index contributed by atoms with van der Waals surface area (Å²) in [5, 5.41) is 15.5. The Labute approximate surface area is 227 Å². The lowest BCUT2D eigenvalue weighted by Crippen LogP contribution is -2.50. The summed E-state index contributed by atoms with van der Waals surface area (Å²) in [6.07, 6.45) is -1.14. The van der Waals surface area contributed by atoms with Crippen molar-refractivity contribution in [2.45, 2.75) is 71.2 Å². The average molecular weight is 574 g/mol. The Kier molecular flexibility index (Phi) is 10.8. The second-order valence-corrected chi connectivity index (χ2v) is 9.82. The molecule has 1 aromatic heterocycles. The maximum absolute atomic E-state index is 14.0. The topological polar surface area (TPSA) is 136 Å². The standard InChI is InChI=1S/C26H31F4N3O7/c1-6-18(33-9-7-8-16(25(33)38)31-13(2)34)24(37)32-17(11-20(36)40-26(3,4)5)19(35)12-39-23-21(29)14(27)10-15(28)22(23)30/h7-10,17-19,35H,6,11-12H2,1-5H3,(H,31,34)(H,32,37)/t17?,18-,19+/m0/s1. The van der Waals surface area contributed by atoms with E-state index in [0.29, 0.717) is 0 Å². The fourth-order valence-electron chi connectivity index (χ4n) is 3.64. The van der Waals surface area contributed by atoms with Crippen molar-refractivity contribution in [1.29, 1.82) is 0 Å². The van der Waals surface area contributed by atoms with Crippen molar-refractivity contribution in [3.05, 3.63) is 58.0 Å². The number of carbonyl (C=O) groups is 3. The molecule has 0 fully saturated rings. The number of carbonyl (C=O) groups excluding carboxylic acids is 3. The second kappa shape index (κ2) is 13.4. The number of pyridine rings is 1. The number of aliphatic hydroxyl groups is 1. The highest BCUT2D eigenvalue weighted by atomic mass is 19.2. The third-order valence-electron chi connectivity index (χ3n) is 5.38. The maximum Gasteiger partial charge on any atom is 0.308 e. The molecule has 10 nitrogen and oxygen atoms in total. The molecule has 1 unspecified atom stereocenters. The summed E-state index contributed by atoms with van der Waals surface area (Å²) in [6.45, 7) is 6.49. The van der Waals surface area contributed by atoms with E-state index in [2.05, 4.69) is 10.6 Å². The van der Waals surface area contributed by atoms with E-state index in [1.54, 1.807) is 27.7 Å². The molecule has 0 aliphatic heterocycles. The number of aromatic nitrogens is 1. The van der Waals surface area contributed by atoms with Crippen LogP contribution in [-0.2, 0) is 19.1 Å². The summed E-state index contributed by atoms with van der Waals surface area (Å²) >= 11 is 0. The molecule has 2 aromatic rings. The van der Waals surface area contributed by atoms with Crippen LogP contribution in [0.3, 0.4) is 0 Å². The van der Waals surface area contributed by atoms with Crippen LogP contribution in [0.15, 0.2) is 29.2 Å². The van der Waals surface area contributed by atoms with Crippen LogP contribution < -0.4 is 20.9 Å². The molecule has 0 spiro atoms. The van der Waals surface area contributed by atoms with E-state index in [-0.39, 0.29) is 18.2 Å². The van der Waals surface area contributed by atoms with Gasteiger partial charge in [-0.2, -0.15) is 8.78 Å². The van der Waals surface area contributed by atoms with Gasteiger partial charge in [0, 0.05) is 19.2 Å². The quantitative estimate of drug-likeness (QED) is 0.214. The molecule has 3 atom stereocenters. The number of aliphatic hydroxyl groups excluding tert-OH is 1. The zero-order valence-corrected chi connectivity index (χ0v) is 22.5. The van der Waals surface area contributed by atoms with Gasteiger partial charge in [0.05, 0.1) is 12.5 Å². The predicted octanol–water partition coefficient (Wildman–Crippen LogP) is 2.97. The molecule has 40 heavy (non-hydrogen) atoms. The van der Waals surface area contributed by atoms with Crippen molar-refractivity contribution in [3.8, 4) is 5.75 Å². The first-order chi connectivity index (χ1) is 18.5. The van der Waals surface area contributed by atoms with Gasteiger partial charge >= 0.3 is 5.97 Å². The minimum atomic E-state index is -1.85. The van der Waals surface area contributed by atoms with E-state index in [0.717, 1.165) is 4.57 Å². The molecule has 1 heterocycles. The van der Waals surface area contributed by atoms with Crippen LogP contribution in [0, 0.1) is 23.3 Å². The number of anilines is 1. The fourth-order valence-corrected chi connectivity index (χ4v) is 3.64. The van der Waals surface area contributed by atoms with Crippen molar-refractivity contribution < 1.29 is 46.5 Å². The normalized spacial score (nSPS) is 13.7. The summed E-state index contributed by atoms with van der Waals surface area (Å²) in [4.78, 5) is 50.0. The molecule has 0 saturated carbocycles. The van der Waals surface area contributed by atoms with Crippen molar-refractivity contribution in [2.24, 2.45) is 0 Å². The van der Waals surface area contributed by atoms with Gasteiger partial charge in [0.2, 0.25) is 23.4 Å². The first-order valence-corrected chi connectivity index (χ1v) is 12.2. The van der Waals surface area contributed by atoms with Gasteiger partial charge in [0.25, 0.3) is 5.56 Å². The Morgan fingerprint density at radius 3 is 2.23 bits per heavy atom. The van der Waals surface area contributed by atoms with Crippen LogP contribution in [0.25, 0.3) is 0 Å². The Morgan fingerprint density at radius 1 is 1.10 bits per heavy atom. The van der Waals surface area contributed by atoms with E-state index in [9.17, 15) is 41.8 Å². The number of hydrogen-bond acceptors (Lipinski definition) is 7. The third-order valence-corrected chi connectivity index (χ3v) is 5.38. The van der Waals surface area contributed by atoms with Gasteiger partial charge in [0.15, 0.2) is 17.4 Å². The van der Waals surface area contributed by atoms with Gasteiger partial charge < -0.3 is 29.8 Å². The second-order valence-electron chi connectivity index (χ2n) is 9.82. The largest absolute Gasteiger partial charge is 0.485 e. The van der Waals surface area contributed by atoms with Gasteiger partial charge in [-0.15, -0.1) is 0 Å². The molecule has 0 bridgehead atoms. The van der Waals surface area contributed by atoms with Crippen molar-refractivity contribution in [2.75, 3.05) is 11.9 Å². The molecular weight excluding hydrogens is 542 g/mol. The molecule has 2 amide bonds. The Hall–Kier alpha value is -3.94. The van der Waals surface area contributed by atoms with Crippen LogP contribution in [0.4, 0.5) is 23.2 Å². The van der Waals surface area contributed by atoms with Crippen LogP contribution in [0.2, 0.25) is 0 Å². The number of benzene rings is 1. The third kappa shape index (κ3) is 8.53. The Balaban J connectivity index is 2.34. The van der Waals surface area contributed by atoms with Gasteiger partial charge in [-0.1, -0.05) is 6.92 Å². The van der Waals surface area contributed by atoms with E-state index in [1.807, 2.05) is 0 Å². The molecule has 0 aliphatic rings. The Bertz CT molecular complexity index is 1280. The van der Waals surface area contributed by atoms with Crippen LogP contribution in [0.1, 0.15) is 53.5 Å². The first-order valence-electron chi connectivity index (χ1n) is 12.2. The van der Waals surface area contributed by atoms with Crippen LogP contribution in [0.5, 0.6) is 5.75 Å². The van der Waals surface area contributed by atoms with Gasteiger partial charge in [0.1, 0.15) is 30.0 Å². The number of esters is 1. The minimum Gasteiger partial charge on any atom is -0.485 e. The summed E-state index contributed by atoms with van der Waals surface area (Å²) in [5.41, 5.74) is -1.74. The lowest BCUT2D eigenvalue weighted by molar-refractivity contribution is -0.156. The number of ether oxygens (including phenoxy) is 2. The molecule has 1 aromatic carbocycles. The lowest BCUT2D eigenvalue weighted by Gasteiger charge is -2.28. The highest BCUT2D eigenvalue weighted by Crippen LogP contribution is 2.27. The van der Waals surface area contributed by atoms with E-state index in [1.165, 1.54) is 25.3 Å². The zero-order chi connectivity index (χ0) is 30.4. The molecule has 3 N–H and O–H groups in total. The molecule has 0 aliphatic carbocycles. The molecule has 2 rings (SSSR count). The maximum atomic E-state index is 14.0. The van der Waals surface area contributed by atoms with Gasteiger partial charge in [-0.05, 0) is 39.3 Å². The minimum absolute atomic E-state index is 0.0206. The average Bonchev–Trinajstić information content (AvgIpc) is 2.83. The SMILES string of the molecule is CC[C@@H](C(=O)NC(CC(=O)OC(C)(C)C)[C@H](O)COc1c(F)c(F)cc(F)c1F)n1cccc(NC(C)=O)c1=O. The highest BCUT2D eigenvalue weighted by Gasteiger charge is 2.31. The van der Waals surface area contributed by atoms with Crippen LogP contribution in [-0.4, -0.2) is 51.8 Å². The van der Waals surface area contributed by atoms with E-state index >= 15 is 0 Å². The first kappa shape index (κ1) is 32.3. The molecule has 0 saturated heterocycles. The highest BCUT2D eigenvalue weighted by molar-refractivity contribution is 5.88. The summed E-state index contributed by atoms with van der Waals surface area (Å²) in [6, 6.07) is 0.0701. The van der Waals surface area contributed by atoms with Crippen molar-refractivity contribution in [1.82, 2.24) is 9.88 Å². The lowest BCUT2D eigenvalue weighted by atomic mass is 10.1. The smallest absolute Gasteiger partial charge is 0.308 e. The Morgan fingerprint density at radius 2 is 1.70 bits per heavy atom. The molecule has 14 heteroatoms. The molecule has 0 radical (unpaired) electrons. The predicted molar refractivity (Wildman–Crippen MR) is 135 cm³/mol. The number of nitrogens with zero attached hydrogens (tertiary/aromatic N) is 1. The fraction of sp³-hybridized carbons (Fsp3) is 0.462. The van der Waals surface area contributed by atoms with Gasteiger partial charge in [-0.3, -0.25) is 19.2 Å². The number of hydrogen-bond donors (Lipinski definition) is 3. The summed E-state index contributed by atoms with van der Waals surface area (Å²) < 4.78 is 66.1. The summed E-state index contributed by atoms with van der Waals surface area (Å²) in [5.74, 6) is -10.8. The zero-order valence-electron chi connectivity index (χ0n) is 22.5. The van der Waals surface area contributed by atoms with Crippen molar-refractivity contribution in [3.63, 3.8) is 0 Å². The molecule has 220 valence electrons. The molecular formula is C26H31F4N3O7. The van der Waals surface area contributed by atoms with Crippen molar-refractivity contribution >= 4 is 23.5 Å². The van der Waals surface area contributed by atoms with E-state index in [4.69, 9.17) is 9.47 Å². The summed E-state index contributed by atoms with van der Waals surface area (Å²) in [7, 11) is 0. The number of nitrogens with one attached hydrogen (secondary N) is 2. The number of rotatable bonds is 11. The van der Waals surface area contributed by atoms with E-state index < -0.39 is 89.2 Å². The van der Waals surface area contributed by atoms with Gasteiger partial charge in [-0.25, -0.2) is 8.78 Å².